The van der Waals surface area contributed by atoms with Crippen LogP contribution in [0, 0.1) is 0 Å². The fourth-order valence-corrected chi connectivity index (χ4v) is 3.16. The Morgan fingerprint density at radius 3 is 2.17 bits per heavy atom. The average molecular weight is 409 g/mol. The Morgan fingerprint density at radius 2 is 1.57 bits per heavy atom. The number of nitrogens with one attached hydrogen (secondary N) is 2. The number of nitrogens with zero attached hydrogens (tertiary/aromatic N) is 1. The van der Waals surface area contributed by atoms with E-state index in [0.29, 0.717) is 12.1 Å². The second-order valence-electron chi connectivity index (χ2n) is 7.50. The van der Waals surface area contributed by atoms with Crippen LogP contribution < -0.4 is 10.6 Å². The van der Waals surface area contributed by atoms with Gasteiger partial charge in [-0.2, -0.15) is 0 Å². The molecule has 1 aliphatic heterocycles. The van der Waals surface area contributed by atoms with Crippen LogP contribution in [-0.4, -0.2) is 55.0 Å². The molecular weight excluding hydrogens is 382 g/mol. The highest BCUT2D eigenvalue weighted by molar-refractivity contribution is 6.02. The lowest BCUT2D eigenvalue weighted by Crippen LogP contribution is -2.49. The summed E-state index contributed by atoms with van der Waals surface area (Å²) in [7, 11) is 3.28. The summed E-state index contributed by atoms with van der Waals surface area (Å²) in [6.45, 7) is 2.06. The van der Waals surface area contributed by atoms with E-state index in [9.17, 15) is 14.4 Å². The first-order valence-electron chi connectivity index (χ1n) is 9.99. The first kappa shape index (κ1) is 21.5. The van der Waals surface area contributed by atoms with E-state index in [1.807, 2.05) is 54.6 Å². The number of hydrogen-bond acceptors (Lipinski definition) is 4. The molecule has 30 heavy (non-hydrogen) atoms. The van der Waals surface area contributed by atoms with E-state index >= 15 is 0 Å². The Bertz CT molecular complexity index is 896. The minimum atomic E-state index is -0.895. The molecule has 2 aromatic carbocycles. The number of anilines is 1. The van der Waals surface area contributed by atoms with Crippen LogP contribution in [0.25, 0.3) is 0 Å². The number of carbonyl (C=O) groups is 3. The third kappa shape index (κ3) is 5.45. The molecule has 2 unspecified atom stereocenters. The minimum absolute atomic E-state index is 0.218. The predicted molar refractivity (Wildman–Crippen MR) is 114 cm³/mol. The minimum Gasteiger partial charge on any atom is -0.349 e. The highest BCUT2D eigenvalue weighted by Gasteiger charge is 2.51. The third-order valence-corrected chi connectivity index (χ3v) is 4.98. The lowest BCUT2D eigenvalue weighted by Gasteiger charge is -2.21. The van der Waals surface area contributed by atoms with Gasteiger partial charge in [-0.05, 0) is 29.7 Å². The summed E-state index contributed by atoms with van der Waals surface area (Å²) in [5.41, 5.74) is 2.75. The van der Waals surface area contributed by atoms with E-state index in [0.717, 1.165) is 12.0 Å². The second kappa shape index (κ2) is 9.54. The molecule has 2 N–H and O–H groups in total. The summed E-state index contributed by atoms with van der Waals surface area (Å²) >= 11 is 0. The molecule has 3 atom stereocenters. The van der Waals surface area contributed by atoms with Crippen molar-refractivity contribution in [3.8, 4) is 0 Å². The summed E-state index contributed by atoms with van der Waals surface area (Å²) in [5, 5.41) is 5.49. The first-order chi connectivity index (χ1) is 14.4. The van der Waals surface area contributed by atoms with Gasteiger partial charge in [0.1, 0.15) is 6.04 Å². The van der Waals surface area contributed by atoms with Gasteiger partial charge in [0.2, 0.25) is 5.91 Å². The van der Waals surface area contributed by atoms with Crippen molar-refractivity contribution in [3.05, 3.63) is 65.7 Å². The van der Waals surface area contributed by atoms with Crippen molar-refractivity contribution in [1.29, 1.82) is 0 Å². The maximum atomic E-state index is 12.6. The number of carbonyl (C=O) groups excluding carboxylic acids is 3. The van der Waals surface area contributed by atoms with Gasteiger partial charge in [-0.1, -0.05) is 49.4 Å². The van der Waals surface area contributed by atoms with Crippen LogP contribution in [0.2, 0.25) is 0 Å². The van der Waals surface area contributed by atoms with Gasteiger partial charge < -0.3 is 20.3 Å². The molecule has 1 fully saturated rings. The average Bonchev–Trinajstić information content (AvgIpc) is 3.55. The summed E-state index contributed by atoms with van der Waals surface area (Å²) in [6.07, 6.45) is -0.481. The number of ether oxygens (including phenoxy) is 1. The molecule has 0 saturated carbocycles. The van der Waals surface area contributed by atoms with Gasteiger partial charge in [-0.15, -0.1) is 0 Å². The van der Waals surface area contributed by atoms with Crippen molar-refractivity contribution in [2.24, 2.45) is 0 Å². The Hall–Kier alpha value is -3.19. The lowest BCUT2D eigenvalue weighted by atomic mass is 10.0. The largest absolute Gasteiger partial charge is 0.349 e. The third-order valence-electron chi connectivity index (χ3n) is 4.98. The monoisotopic (exact) mass is 409 g/mol. The molecule has 7 nitrogen and oxygen atoms in total. The summed E-state index contributed by atoms with van der Waals surface area (Å²) < 4.78 is 5.30. The summed E-state index contributed by atoms with van der Waals surface area (Å²) in [4.78, 5) is 38.9. The van der Waals surface area contributed by atoms with Crippen LogP contribution >= 0.6 is 0 Å². The molecule has 0 aliphatic carbocycles. The van der Waals surface area contributed by atoms with Gasteiger partial charge in [-0.3, -0.25) is 14.4 Å². The van der Waals surface area contributed by atoms with E-state index < -0.39 is 24.2 Å². The van der Waals surface area contributed by atoms with Crippen LogP contribution in [0.15, 0.2) is 54.6 Å². The fraction of sp³-hybridized carbons (Fsp3) is 0.348. The zero-order valence-corrected chi connectivity index (χ0v) is 17.4. The molecule has 0 spiro atoms. The summed E-state index contributed by atoms with van der Waals surface area (Å²) in [6, 6.07) is 16.2. The fourth-order valence-electron chi connectivity index (χ4n) is 3.16. The number of hydrogen-bond donors (Lipinski definition) is 2. The number of amides is 3. The number of rotatable bonds is 8. The van der Waals surface area contributed by atoms with E-state index in [4.69, 9.17) is 4.74 Å². The van der Waals surface area contributed by atoms with E-state index in [-0.39, 0.29) is 11.8 Å². The Kier molecular flexibility index (Phi) is 6.84. The van der Waals surface area contributed by atoms with E-state index in [1.54, 1.807) is 14.1 Å². The Labute approximate surface area is 176 Å². The zero-order valence-electron chi connectivity index (χ0n) is 17.4. The SMILES string of the molecule is CCc1ccc(NC(=O)C2OC2C(=O)N[C@@H](Cc2ccccc2)C(=O)N(C)C)cc1. The lowest BCUT2D eigenvalue weighted by molar-refractivity contribution is -0.134. The molecular formula is C23H27N3O4. The second-order valence-corrected chi connectivity index (χ2v) is 7.50. The maximum absolute atomic E-state index is 12.6. The molecule has 0 bridgehead atoms. The van der Waals surface area contributed by atoms with Crippen molar-refractivity contribution < 1.29 is 19.1 Å². The number of aryl methyl sites for hydroxylation is 1. The van der Waals surface area contributed by atoms with Gasteiger partial charge in [0.15, 0.2) is 12.2 Å². The molecule has 158 valence electrons. The van der Waals surface area contributed by atoms with Crippen molar-refractivity contribution >= 4 is 23.4 Å². The van der Waals surface area contributed by atoms with Crippen molar-refractivity contribution in [3.63, 3.8) is 0 Å². The maximum Gasteiger partial charge on any atom is 0.256 e. The smallest absolute Gasteiger partial charge is 0.256 e. The highest BCUT2D eigenvalue weighted by atomic mass is 16.6. The standard InChI is InChI=1S/C23H27N3O4/c1-4-15-10-12-17(13-11-15)24-21(27)19-20(30-19)22(28)25-18(23(29)26(2)3)14-16-8-6-5-7-9-16/h5-13,18-20H,4,14H2,1-3H3,(H,24,27)(H,25,28)/t18-,19?,20?/m0/s1. The van der Waals surface area contributed by atoms with Crippen LogP contribution in [0.5, 0.6) is 0 Å². The van der Waals surface area contributed by atoms with Crippen molar-refractivity contribution in [2.45, 2.75) is 38.0 Å². The van der Waals surface area contributed by atoms with Gasteiger partial charge in [0.25, 0.3) is 11.8 Å². The first-order valence-corrected chi connectivity index (χ1v) is 9.99. The Morgan fingerprint density at radius 1 is 0.933 bits per heavy atom. The number of epoxide rings is 1. The zero-order chi connectivity index (χ0) is 21.7. The topological polar surface area (TPSA) is 91.0 Å². The molecule has 7 heteroatoms. The number of benzene rings is 2. The van der Waals surface area contributed by atoms with Gasteiger partial charge in [0.05, 0.1) is 0 Å². The van der Waals surface area contributed by atoms with Gasteiger partial charge in [-0.25, -0.2) is 0 Å². The van der Waals surface area contributed by atoms with Crippen LogP contribution in [0.3, 0.4) is 0 Å². The molecule has 2 aromatic rings. The van der Waals surface area contributed by atoms with Crippen LogP contribution in [-0.2, 0) is 32.0 Å². The molecule has 0 aromatic heterocycles. The van der Waals surface area contributed by atoms with Crippen LogP contribution in [0.4, 0.5) is 5.69 Å². The highest BCUT2D eigenvalue weighted by Crippen LogP contribution is 2.24. The predicted octanol–water partition coefficient (Wildman–Crippen LogP) is 1.77. The van der Waals surface area contributed by atoms with Gasteiger partial charge in [0, 0.05) is 26.2 Å². The molecule has 3 rings (SSSR count). The molecule has 1 aliphatic rings. The molecule has 1 heterocycles. The molecule has 3 amide bonds. The number of likely N-dealkylation sites (N-methyl/N-ethyl adjacent to an activating group) is 1. The van der Waals surface area contributed by atoms with E-state index in [1.165, 1.54) is 10.5 Å². The summed E-state index contributed by atoms with van der Waals surface area (Å²) in [5.74, 6) is -1.06. The van der Waals surface area contributed by atoms with Crippen molar-refractivity contribution in [2.75, 3.05) is 19.4 Å². The van der Waals surface area contributed by atoms with Crippen LogP contribution in [0.1, 0.15) is 18.1 Å². The quantitative estimate of drug-likeness (QED) is 0.650. The molecule has 0 radical (unpaired) electrons. The normalized spacial score (nSPS) is 18.2. The van der Waals surface area contributed by atoms with Crippen molar-refractivity contribution in [1.82, 2.24) is 10.2 Å². The molecule has 1 saturated heterocycles. The van der Waals surface area contributed by atoms with Gasteiger partial charge >= 0.3 is 0 Å². The van der Waals surface area contributed by atoms with E-state index in [2.05, 4.69) is 17.6 Å². The Balaban J connectivity index is 1.58.